The molecular weight excluding hydrogens is 532 g/mol. The average molecular weight is 571 g/mol. The van der Waals surface area contributed by atoms with Crippen LogP contribution in [0, 0.1) is 0 Å². The van der Waals surface area contributed by atoms with Gasteiger partial charge in [-0.3, -0.25) is 4.79 Å². The predicted octanol–water partition coefficient (Wildman–Crippen LogP) is 2.26. The Morgan fingerprint density at radius 1 is 1.10 bits per heavy atom. The van der Waals surface area contributed by atoms with Gasteiger partial charge in [-0.2, -0.15) is 0 Å². The molecular formula is C30H38N2O9. The van der Waals surface area contributed by atoms with Crippen LogP contribution in [0.4, 0.5) is 0 Å². The summed E-state index contributed by atoms with van der Waals surface area (Å²) in [5.74, 6) is -0.543. The Labute approximate surface area is 239 Å². The van der Waals surface area contributed by atoms with Gasteiger partial charge in [-0.05, 0) is 55.5 Å². The number of benzene rings is 2. The number of aliphatic hydroxyl groups excluding tert-OH is 3. The van der Waals surface area contributed by atoms with Crippen molar-refractivity contribution in [1.29, 1.82) is 0 Å². The van der Waals surface area contributed by atoms with Crippen molar-refractivity contribution in [2.75, 3.05) is 13.7 Å². The van der Waals surface area contributed by atoms with Crippen LogP contribution in [0.25, 0.3) is 6.08 Å². The topological polar surface area (TPSA) is 159 Å². The molecule has 41 heavy (non-hydrogen) atoms. The fraction of sp³-hybridized carbons (Fsp3) is 0.467. The van der Waals surface area contributed by atoms with Crippen molar-refractivity contribution in [3.63, 3.8) is 0 Å². The van der Waals surface area contributed by atoms with E-state index in [0.29, 0.717) is 36.1 Å². The van der Waals surface area contributed by atoms with Crippen LogP contribution in [0.5, 0.6) is 11.5 Å². The third-order valence-corrected chi connectivity index (χ3v) is 7.08. The zero-order chi connectivity index (χ0) is 29.4. The van der Waals surface area contributed by atoms with E-state index >= 15 is 0 Å². The Balaban J connectivity index is 1.35. The number of rotatable bonds is 11. The summed E-state index contributed by atoms with van der Waals surface area (Å²) >= 11 is 0. The fourth-order valence-electron chi connectivity index (χ4n) is 4.82. The summed E-state index contributed by atoms with van der Waals surface area (Å²) in [5, 5.41) is 48.3. The van der Waals surface area contributed by atoms with E-state index in [4.69, 9.17) is 19.0 Å². The molecule has 4 rings (SSSR count). The third-order valence-electron chi connectivity index (χ3n) is 7.08. The molecule has 11 heteroatoms. The number of hydrogen-bond donors (Lipinski definition) is 5. The molecule has 0 radical (unpaired) electrons. The summed E-state index contributed by atoms with van der Waals surface area (Å²) in [5.41, 5.74) is 2.27. The Morgan fingerprint density at radius 2 is 1.83 bits per heavy atom. The van der Waals surface area contributed by atoms with Gasteiger partial charge in [0.25, 0.3) is 0 Å². The quantitative estimate of drug-likeness (QED) is 0.155. The first-order chi connectivity index (χ1) is 19.7. The van der Waals surface area contributed by atoms with E-state index in [1.54, 1.807) is 19.1 Å². The van der Waals surface area contributed by atoms with Gasteiger partial charge in [0.15, 0.2) is 11.5 Å². The molecule has 11 nitrogen and oxygen atoms in total. The highest BCUT2D eigenvalue weighted by molar-refractivity contribution is 5.97. The molecule has 1 heterocycles. The largest absolute Gasteiger partial charge is 0.504 e. The summed E-state index contributed by atoms with van der Waals surface area (Å²) in [6, 6.07) is 13.4. The van der Waals surface area contributed by atoms with Crippen LogP contribution in [-0.2, 0) is 25.7 Å². The number of oxime groups is 1. The van der Waals surface area contributed by atoms with Gasteiger partial charge in [-0.1, -0.05) is 41.6 Å². The molecule has 1 saturated carbocycles. The lowest BCUT2D eigenvalue weighted by atomic mass is 9.89. The zero-order valence-corrected chi connectivity index (χ0v) is 23.2. The Hall–Kier alpha value is -3.48. The van der Waals surface area contributed by atoms with Gasteiger partial charge < -0.3 is 44.8 Å². The van der Waals surface area contributed by atoms with Crippen LogP contribution < -0.4 is 10.1 Å². The molecule has 5 N–H and O–H groups in total. The molecule has 2 aromatic carbocycles. The molecule has 1 aliphatic heterocycles. The van der Waals surface area contributed by atoms with Crippen molar-refractivity contribution in [3.05, 3.63) is 65.2 Å². The van der Waals surface area contributed by atoms with Crippen molar-refractivity contribution < 1.29 is 44.3 Å². The van der Waals surface area contributed by atoms with Gasteiger partial charge in [-0.15, -0.1) is 0 Å². The lowest BCUT2D eigenvalue weighted by Gasteiger charge is -2.32. The summed E-state index contributed by atoms with van der Waals surface area (Å²) in [7, 11) is 1.52. The molecule has 0 spiro atoms. The lowest BCUT2D eigenvalue weighted by molar-refractivity contribution is -0.121. The second kappa shape index (κ2) is 14.4. The average Bonchev–Trinajstić information content (AvgIpc) is 3.32. The smallest absolute Gasteiger partial charge is 0.247 e. The van der Waals surface area contributed by atoms with Crippen LogP contribution in [-0.4, -0.2) is 82.5 Å². The van der Waals surface area contributed by atoms with Crippen LogP contribution in [0.1, 0.15) is 43.7 Å². The van der Waals surface area contributed by atoms with Gasteiger partial charge in [0.1, 0.15) is 24.5 Å². The first-order valence-electron chi connectivity index (χ1n) is 13.6. The second-order valence-corrected chi connectivity index (χ2v) is 10.3. The molecule has 2 unspecified atom stereocenters. The predicted molar refractivity (Wildman–Crippen MR) is 150 cm³/mol. The molecule has 6 atom stereocenters. The minimum absolute atomic E-state index is 0.0907. The van der Waals surface area contributed by atoms with E-state index in [9.17, 15) is 25.2 Å². The van der Waals surface area contributed by atoms with Gasteiger partial charge >= 0.3 is 0 Å². The number of phenols is 1. The maximum absolute atomic E-state index is 12.6. The number of aliphatic hydroxyl groups is 3. The van der Waals surface area contributed by atoms with Gasteiger partial charge in [0.05, 0.1) is 24.9 Å². The van der Waals surface area contributed by atoms with Crippen molar-refractivity contribution in [2.24, 2.45) is 5.16 Å². The molecule has 2 fully saturated rings. The number of carbonyl (C=O) groups excluding carboxylic acids is 1. The van der Waals surface area contributed by atoms with E-state index in [2.05, 4.69) is 10.5 Å². The van der Waals surface area contributed by atoms with Crippen molar-refractivity contribution in [3.8, 4) is 11.5 Å². The molecule has 0 aromatic heterocycles. The normalized spacial score (nSPS) is 27.0. The van der Waals surface area contributed by atoms with E-state index < -0.39 is 42.7 Å². The monoisotopic (exact) mass is 570 g/mol. The number of hydrogen-bond acceptors (Lipinski definition) is 10. The first kappa shape index (κ1) is 30.5. The second-order valence-electron chi connectivity index (χ2n) is 10.3. The van der Waals surface area contributed by atoms with E-state index in [-0.39, 0.29) is 31.1 Å². The van der Waals surface area contributed by atoms with E-state index in [1.165, 1.54) is 19.2 Å². The van der Waals surface area contributed by atoms with Crippen LogP contribution in [0.2, 0.25) is 0 Å². The zero-order valence-electron chi connectivity index (χ0n) is 23.2. The molecule has 1 amide bonds. The fourth-order valence-corrected chi connectivity index (χ4v) is 4.82. The Morgan fingerprint density at radius 3 is 2.51 bits per heavy atom. The number of amides is 1. The number of phenolic OH excluding ortho intramolecular Hbond substituents is 1. The molecule has 2 aliphatic rings. The van der Waals surface area contributed by atoms with Crippen molar-refractivity contribution in [2.45, 2.75) is 76.0 Å². The van der Waals surface area contributed by atoms with Gasteiger partial charge in [0, 0.05) is 19.1 Å². The minimum atomic E-state index is -1.07. The Kier molecular flexibility index (Phi) is 10.7. The van der Waals surface area contributed by atoms with Crippen LogP contribution in [0.3, 0.4) is 0 Å². The van der Waals surface area contributed by atoms with Gasteiger partial charge in [0.2, 0.25) is 12.2 Å². The summed E-state index contributed by atoms with van der Waals surface area (Å²) in [6.45, 7) is 2.00. The van der Waals surface area contributed by atoms with Gasteiger partial charge in [-0.25, -0.2) is 0 Å². The standard InChI is InChI=1S/C30H38N2O9/c1-18(29(37)31-28-22(33)9-6-10-23(28)34)13-20-11-12-26(24(35)14-20)40-30-25(36)15-27(41-30)21(17-38-2)32-39-16-19-7-4-3-5-8-19/h3-5,7-8,11-14,22-23,25,27-28,30,33-36H,6,9-10,15-17H2,1-2H3,(H,31,37)/b18-13+,32-21+/t22-,23+,25-,27-,28?,30?/m0/s1. The number of nitrogens with zero attached hydrogens (tertiary/aromatic N) is 1. The minimum Gasteiger partial charge on any atom is -0.504 e. The summed E-state index contributed by atoms with van der Waals surface area (Å²) < 4.78 is 16.9. The maximum atomic E-state index is 12.6. The molecule has 2 aromatic rings. The number of aromatic hydroxyl groups is 1. The number of ether oxygens (including phenoxy) is 3. The molecule has 1 aliphatic carbocycles. The highest BCUT2D eigenvalue weighted by Gasteiger charge is 2.39. The number of carbonyl (C=O) groups is 1. The van der Waals surface area contributed by atoms with Crippen molar-refractivity contribution in [1.82, 2.24) is 5.32 Å². The lowest BCUT2D eigenvalue weighted by Crippen LogP contribution is -2.53. The maximum Gasteiger partial charge on any atom is 0.247 e. The molecule has 222 valence electrons. The summed E-state index contributed by atoms with van der Waals surface area (Å²) in [4.78, 5) is 18.1. The molecule has 1 saturated heterocycles. The highest BCUT2D eigenvalue weighted by Crippen LogP contribution is 2.32. The third kappa shape index (κ3) is 8.27. The van der Waals surface area contributed by atoms with E-state index in [1.807, 2.05) is 30.3 Å². The first-order valence-corrected chi connectivity index (χ1v) is 13.6. The molecule has 0 bridgehead atoms. The van der Waals surface area contributed by atoms with Crippen LogP contribution >= 0.6 is 0 Å². The number of nitrogens with one attached hydrogen (secondary N) is 1. The SMILES string of the molecule is COC/C(=N\OCc1ccccc1)[C@@H]1C[C@H](O)C(Oc2ccc(/C=C(\C)C(=O)NC3[C@H](O)CCC[C@@H]3O)cc2O)O1. The number of methoxy groups -OCH3 is 1. The van der Waals surface area contributed by atoms with E-state index in [0.717, 1.165) is 5.56 Å². The van der Waals surface area contributed by atoms with Crippen molar-refractivity contribution >= 4 is 17.7 Å². The summed E-state index contributed by atoms with van der Waals surface area (Å²) in [6.07, 6.45) is -0.780. The highest BCUT2D eigenvalue weighted by atomic mass is 16.7. The van der Waals surface area contributed by atoms with Crippen LogP contribution in [0.15, 0.2) is 59.3 Å². The Bertz CT molecular complexity index is 1210.